The Hall–Kier alpha value is -2.70. The molecule has 5 rings (SSSR count). The summed E-state index contributed by atoms with van der Waals surface area (Å²) in [6, 6.07) is 2.52. The molecule has 3 N–H and O–H groups in total. The lowest BCUT2D eigenvalue weighted by atomic mass is 9.84. The Bertz CT molecular complexity index is 1230. The van der Waals surface area contributed by atoms with Gasteiger partial charge in [0.15, 0.2) is 11.9 Å². The lowest BCUT2D eigenvalue weighted by Gasteiger charge is -2.39. The van der Waals surface area contributed by atoms with E-state index in [0.717, 1.165) is 70.3 Å². The quantitative estimate of drug-likeness (QED) is 0.215. The summed E-state index contributed by atoms with van der Waals surface area (Å²) < 4.78 is 81.5. The van der Waals surface area contributed by atoms with Gasteiger partial charge in [-0.05, 0) is 75.3 Å². The van der Waals surface area contributed by atoms with E-state index in [4.69, 9.17) is 5.73 Å². The minimum Gasteiger partial charge on any atom is -0.370 e. The number of halogens is 6. The van der Waals surface area contributed by atoms with Crippen LogP contribution >= 0.6 is 0 Å². The second-order valence-electron chi connectivity index (χ2n) is 14.5. The maximum absolute atomic E-state index is 13.6. The first-order chi connectivity index (χ1) is 22.7. The Balaban J connectivity index is 1.35. The highest BCUT2D eigenvalue weighted by molar-refractivity contribution is 5.80. The predicted octanol–water partition coefficient (Wildman–Crippen LogP) is 7.20. The van der Waals surface area contributed by atoms with Crippen molar-refractivity contribution in [3.63, 3.8) is 0 Å². The summed E-state index contributed by atoms with van der Waals surface area (Å²) in [6.45, 7) is 8.42. The first kappa shape index (κ1) is 36.6. The van der Waals surface area contributed by atoms with Crippen molar-refractivity contribution in [2.24, 2.45) is 16.6 Å². The van der Waals surface area contributed by atoms with Crippen LogP contribution in [0.25, 0.3) is 0 Å². The van der Waals surface area contributed by atoms with Crippen molar-refractivity contribution >= 4 is 11.9 Å². The number of aliphatic imine (C=N–C) groups is 1. The van der Waals surface area contributed by atoms with Crippen LogP contribution < -0.4 is 5.73 Å². The van der Waals surface area contributed by atoms with Gasteiger partial charge in [-0.25, -0.2) is 0 Å². The van der Waals surface area contributed by atoms with Gasteiger partial charge >= 0.3 is 12.4 Å². The third-order valence-electron chi connectivity index (χ3n) is 11.0. The van der Waals surface area contributed by atoms with Gasteiger partial charge in [0.1, 0.15) is 0 Å². The van der Waals surface area contributed by atoms with Gasteiger partial charge in [-0.1, -0.05) is 51.9 Å². The normalized spacial score (nSPS) is 25.4. The molecule has 3 aliphatic heterocycles. The zero-order valence-corrected chi connectivity index (χ0v) is 28.4. The Morgan fingerprint density at radius 1 is 0.938 bits per heavy atom. The van der Waals surface area contributed by atoms with Gasteiger partial charge in [-0.3, -0.25) is 15.3 Å². The molecule has 7 nitrogen and oxygen atoms in total. The molecule has 0 bridgehead atoms. The van der Waals surface area contributed by atoms with Gasteiger partial charge in [0, 0.05) is 50.3 Å². The van der Waals surface area contributed by atoms with Gasteiger partial charge < -0.3 is 20.4 Å². The Kier molecular flexibility index (Phi) is 11.8. The minimum atomic E-state index is -4.89. The maximum atomic E-state index is 13.6. The molecule has 1 aliphatic carbocycles. The summed E-state index contributed by atoms with van der Waals surface area (Å²) >= 11 is 0. The number of likely N-dealkylation sites (tertiary alicyclic amines) is 1. The van der Waals surface area contributed by atoms with E-state index in [1.807, 2.05) is 4.90 Å². The number of alkyl halides is 6. The van der Waals surface area contributed by atoms with E-state index in [9.17, 15) is 31.8 Å². The molecule has 1 aromatic rings. The molecular formula is C35H53F6N7. The second kappa shape index (κ2) is 15.5. The molecule has 0 spiro atoms. The second-order valence-corrected chi connectivity index (χ2v) is 14.5. The topological polar surface area (TPSA) is 75.2 Å². The smallest absolute Gasteiger partial charge is 0.370 e. The minimum absolute atomic E-state index is 0.00959. The zero-order chi connectivity index (χ0) is 34.6. The molecule has 4 atom stereocenters. The van der Waals surface area contributed by atoms with E-state index in [1.54, 1.807) is 0 Å². The number of nitrogens with two attached hydrogens (primary N) is 1. The van der Waals surface area contributed by atoms with Crippen molar-refractivity contribution in [1.82, 2.24) is 19.6 Å². The molecule has 4 aliphatic rings. The van der Waals surface area contributed by atoms with Gasteiger partial charge in [-0.15, -0.1) is 0 Å². The van der Waals surface area contributed by atoms with Crippen LogP contribution in [0.5, 0.6) is 0 Å². The monoisotopic (exact) mass is 685 g/mol. The molecule has 1 unspecified atom stereocenters. The summed E-state index contributed by atoms with van der Waals surface area (Å²) in [5.74, 6) is 1.53. The molecule has 0 radical (unpaired) electrons. The van der Waals surface area contributed by atoms with E-state index in [0.29, 0.717) is 37.0 Å². The van der Waals surface area contributed by atoms with Crippen molar-refractivity contribution < 1.29 is 26.3 Å². The van der Waals surface area contributed by atoms with E-state index in [2.05, 4.69) is 33.5 Å². The van der Waals surface area contributed by atoms with Gasteiger partial charge in [-0.2, -0.15) is 26.3 Å². The molecule has 0 amide bonds. The largest absolute Gasteiger partial charge is 0.416 e. The van der Waals surface area contributed by atoms with Crippen LogP contribution in [0.2, 0.25) is 0 Å². The molecule has 3 heterocycles. The molecule has 1 saturated carbocycles. The van der Waals surface area contributed by atoms with Crippen molar-refractivity contribution in [1.29, 1.82) is 5.41 Å². The summed E-state index contributed by atoms with van der Waals surface area (Å²) in [4.78, 5) is 13.4. The van der Waals surface area contributed by atoms with E-state index < -0.39 is 23.5 Å². The Labute approximate surface area is 281 Å². The molecule has 13 heteroatoms. The molecule has 48 heavy (non-hydrogen) atoms. The number of nitrogens with one attached hydrogen (secondary N) is 1. The van der Waals surface area contributed by atoms with Gasteiger partial charge in [0.05, 0.1) is 17.7 Å². The summed E-state index contributed by atoms with van der Waals surface area (Å²) in [6.07, 6.45) is 2.13. The lowest BCUT2D eigenvalue weighted by molar-refractivity contribution is -0.143. The number of hydrogen-bond acceptors (Lipinski definition) is 5. The van der Waals surface area contributed by atoms with Crippen LogP contribution in [0.3, 0.4) is 0 Å². The lowest BCUT2D eigenvalue weighted by Crippen LogP contribution is -2.52. The number of hydrogen-bond donors (Lipinski definition) is 2. The van der Waals surface area contributed by atoms with Crippen LogP contribution in [-0.4, -0.2) is 95.0 Å². The molecule has 1 aromatic carbocycles. The average molecular weight is 686 g/mol. The highest BCUT2D eigenvalue weighted by atomic mass is 19.4. The van der Waals surface area contributed by atoms with E-state index in [-0.39, 0.29) is 42.7 Å². The summed E-state index contributed by atoms with van der Waals surface area (Å²) in [7, 11) is 0. The Morgan fingerprint density at radius 3 is 2.23 bits per heavy atom. The SMILES string of the molecule is CCCC[C@@H]1CN([C@@H](CC2CCCCC2)CN2CCCC2CN2C(N)=NC[C@@H]2C)C(=N)N1CCc1cc(C(F)(F)F)cc(C(F)(F)F)c1. The fourth-order valence-electron chi connectivity index (χ4n) is 8.32. The fourth-order valence-corrected chi connectivity index (χ4v) is 8.32. The molecular weight excluding hydrogens is 632 g/mol. The van der Waals surface area contributed by atoms with Gasteiger partial charge in [0.2, 0.25) is 0 Å². The van der Waals surface area contributed by atoms with Crippen LogP contribution in [0.1, 0.15) is 101 Å². The van der Waals surface area contributed by atoms with Gasteiger partial charge in [0.25, 0.3) is 0 Å². The number of benzene rings is 1. The molecule has 3 fully saturated rings. The highest BCUT2D eigenvalue weighted by Crippen LogP contribution is 2.37. The van der Waals surface area contributed by atoms with Crippen LogP contribution in [-0.2, 0) is 18.8 Å². The first-order valence-electron chi connectivity index (χ1n) is 17.9. The van der Waals surface area contributed by atoms with Crippen LogP contribution in [0.15, 0.2) is 23.2 Å². The molecule has 0 aromatic heterocycles. The number of rotatable bonds is 13. The van der Waals surface area contributed by atoms with Crippen molar-refractivity contribution in [3.05, 3.63) is 34.9 Å². The first-order valence-corrected chi connectivity index (χ1v) is 17.9. The maximum Gasteiger partial charge on any atom is 0.416 e. The van der Waals surface area contributed by atoms with Crippen LogP contribution in [0.4, 0.5) is 26.3 Å². The van der Waals surface area contributed by atoms with E-state index in [1.165, 1.54) is 32.1 Å². The number of nitrogens with zero attached hydrogens (tertiary/aromatic N) is 5. The van der Waals surface area contributed by atoms with Crippen molar-refractivity contribution in [2.75, 3.05) is 39.3 Å². The molecule has 2 saturated heterocycles. The summed E-state index contributed by atoms with van der Waals surface area (Å²) in [5, 5.41) is 9.42. The van der Waals surface area contributed by atoms with Crippen LogP contribution in [0, 0.1) is 11.3 Å². The third kappa shape index (κ3) is 8.90. The Morgan fingerprint density at radius 2 is 1.62 bits per heavy atom. The molecule has 270 valence electrons. The standard InChI is InChI=1S/C35H53F6N7/c1-3-4-11-30-23-48(33(43)46(30)15-13-26-16-27(34(36,37)38)19-28(17-26)35(39,40)41)31(18-25-9-6-5-7-10-25)21-45-14-8-12-29(45)22-47-24(2)20-44-32(47)42/h16-17,19,24-25,29-31,43H,3-15,18,20-23H2,1-2H3,(H2,42,44)/t24-,29?,30+,31-/m0/s1. The zero-order valence-electron chi connectivity index (χ0n) is 28.4. The van der Waals surface area contributed by atoms with Crippen molar-refractivity contribution in [3.8, 4) is 0 Å². The fraction of sp³-hybridized carbons (Fsp3) is 0.771. The van der Waals surface area contributed by atoms with E-state index >= 15 is 0 Å². The number of guanidine groups is 2. The third-order valence-corrected chi connectivity index (χ3v) is 11.0. The average Bonchev–Trinajstić information content (AvgIpc) is 3.71. The predicted molar refractivity (Wildman–Crippen MR) is 177 cm³/mol. The van der Waals surface area contributed by atoms with Crippen molar-refractivity contribution in [2.45, 2.75) is 127 Å². The highest BCUT2D eigenvalue weighted by Gasteiger charge is 2.41. The summed E-state index contributed by atoms with van der Waals surface area (Å²) in [5.41, 5.74) is 3.63. The number of unbranched alkanes of at least 4 members (excludes halogenated alkanes) is 1.